The standard InChI is InChI=1S/C19H30N2O/c1-3-15(16-10-8-14(2)9-11-16)12-19(22)21-18-7-5-4-6-17(18)13-20/h8-11,15,17-18H,3-7,12-13,20H2,1-2H3,(H,21,22). The molecule has 1 aliphatic rings. The number of nitrogens with one attached hydrogen (secondary N) is 1. The summed E-state index contributed by atoms with van der Waals surface area (Å²) in [5.41, 5.74) is 8.38. The predicted molar refractivity (Wildman–Crippen MR) is 91.8 cm³/mol. The molecule has 0 spiro atoms. The van der Waals surface area contributed by atoms with Gasteiger partial charge in [0.2, 0.25) is 5.91 Å². The maximum Gasteiger partial charge on any atom is 0.220 e. The molecule has 0 aromatic heterocycles. The molecule has 1 aliphatic carbocycles. The SMILES string of the molecule is CCC(CC(=O)NC1CCCCC1CN)c1ccc(C)cc1. The van der Waals surface area contributed by atoms with Gasteiger partial charge in [0.05, 0.1) is 0 Å². The van der Waals surface area contributed by atoms with Gasteiger partial charge in [-0.25, -0.2) is 0 Å². The minimum Gasteiger partial charge on any atom is -0.353 e. The lowest BCUT2D eigenvalue weighted by molar-refractivity contribution is -0.122. The number of carbonyl (C=O) groups is 1. The van der Waals surface area contributed by atoms with Gasteiger partial charge in [0.1, 0.15) is 0 Å². The van der Waals surface area contributed by atoms with E-state index in [1.54, 1.807) is 0 Å². The van der Waals surface area contributed by atoms with E-state index in [9.17, 15) is 4.79 Å². The maximum atomic E-state index is 12.4. The molecular weight excluding hydrogens is 272 g/mol. The van der Waals surface area contributed by atoms with Crippen molar-refractivity contribution in [1.82, 2.24) is 5.32 Å². The molecule has 1 fully saturated rings. The molecule has 1 saturated carbocycles. The Bertz CT molecular complexity index is 469. The van der Waals surface area contributed by atoms with E-state index < -0.39 is 0 Å². The number of benzene rings is 1. The van der Waals surface area contributed by atoms with E-state index in [4.69, 9.17) is 5.73 Å². The molecule has 0 saturated heterocycles. The Labute approximate surface area is 134 Å². The van der Waals surface area contributed by atoms with Crippen LogP contribution < -0.4 is 11.1 Å². The fourth-order valence-corrected chi connectivity index (χ4v) is 3.51. The van der Waals surface area contributed by atoms with Crippen molar-refractivity contribution >= 4 is 5.91 Å². The Morgan fingerprint density at radius 1 is 1.27 bits per heavy atom. The first-order valence-electron chi connectivity index (χ1n) is 8.70. The highest BCUT2D eigenvalue weighted by molar-refractivity contribution is 5.77. The Morgan fingerprint density at radius 3 is 2.59 bits per heavy atom. The largest absolute Gasteiger partial charge is 0.353 e. The van der Waals surface area contributed by atoms with Crippen LogP contribution in [0, 0.1) is 12.8 Å². The second-order valence-electron chi connectivity index (χ2n) is 6.67. The molecule has 3 N–H and O–H groups in total. The van der Waals surface area contributed by atoms with Gasteiger partial charge in [-0.1, -0.05) is 49.6 Å². The van der Waals surface area contributed by atoms with E-state index in [1.165, 1.54) is 24.0 Å². The molecule has 22 heavy (non-hydrogen) atoms. The van der Waals surface area contributed by atoms with Gasteiger partial charge in [-0.15, -0.1) is 0 Å². The van der Waals surface area contributed by atoms with Crippen LogP contribution in [0.3, 0.4) is 0 Å². The second-order valence-corrected chi connectivity index (χ2v) is 6.67. The van der Waals surface area contributed by atoms with Crippen molar-refractivity contribution in [3.63, 3.8) is 0 Å². The van der Waals surface area contributed by atoms with Gasteiger partial charge in [0.25, 0.3) is 0 Å². The van der Waals surface area contributed by atoms with Crippen molar-refractivity contribution < 1.29 is 4.79 Å². The average Bonchev–Trinajstić information content (AvgIpc) is 2.54. The Morgan fingerprint density at radius 2 is 1.95 bits per heavy atom. The molecule has 2 rings (SSSR count). The van der Waals surface area contributed by atoms with Crippen LogP contribution in [0.25, 0.3) is 0 Å². The number of hydrogen-bond acceptors (Lipinski definition) is 2. The monoisotopic (exact) mass is 302 g/mol. The third-order valence-corrected chi connectivity index (χ3v) is 5.03. The highest BCUT2D eigenvalue weighted by atomic mass is 16.1. The first kappa shape index (κ1) is 17.0. The number of nitrogens with two attached hydrogens (primary N) is 1. The Kier molecular flexibility index (Phi) is 6.44. The van der Waals surface area contributed by atoms with Crippen LogP contribution in [-0.4, -0.2) is 18.5 Å². The Hall–Kier alpha value is -1.35. The summed E-state index contributed by atoms with van der Waals surface area (Å²) in [6.45, 7) is 4.93. The van der Waals surface area contributed by atoms with Crippen LogP contribution in [-0.2, 0) is 4.79 Å². The van der Waals surface area contributed by atoms with Crippen molar-refractivity contribution in [2.75, 3.05) is 6.54 Å². The quantitative estimate of drug-likeness (QED) is 0.845. The molecule has 3 atom stereocenters. The van der Waals surface area contributed by atoms with Crippen molar-refractivity contribution in [1.29, 1.82) is 0 Å². The van der Waals surface area contributed by atoms with E-state index in [0.29, 0.717) is 24.8 Å². The topological polar surface area (TPSA) is 55.1 Å². The lowest BCUT2D eigenvalue weighted by Crippen LogP contribution is -2.45. The number of carbonyl (C=O) groups excluding carboxylic acids is 1. The highest BCUT2D eigenvalue weighted by Gasteiger charge is 2.26. The molecular formula is C19H30N2O. The van der Waals surface area contributed by atoms with Crippen LogP contribution in [0.1, 0.15) is 62.5 Å². The average molecular weight is 302 g/mol. The van der Waals surface area contributed by atoms with Gasteiger partial charge in [0, 0.05) is 12.5 Å². The van der Waals surface area contributed by atoms with Crippen molar-refractivity contribution in [3.05, 3.63) is 35.4 Å². The molecule has 0 bridgehead atoms. The van der Waals surface area contributed by atoms with E-state index in [0.717, 1.165) is 19.3 Å². The fourth-order valence-electron chi connectivity index (χ4n) is 3.51. The van der Waals surface area contributed by atoms with E-state index >= 15 is 0 Å². The Balaban J connectivity index is 1.92. The zero-order valence-electron chi connectivity index (χ0n) is 14.0. The molecule has 1 amide bonds. The molecule has 0 radical (unpaired) electrons. The molecule has 0 heterocycles. The lowest BCUT2D eigenvalue weighted by Gasteiger charge is -2.31. The minimum atomic E-state index is 0.178. The summed E-state index contributed by atoms with van der Waals surface area (Å²) in [5, 5.41) is 3.25. The third kappa shape index (κ3) is 4.57. The lowest BCUT2D eigenvalue weighted by atomic mass is 9.84. The summed E-state index contributed by atoms with van der Waals surface area (Å²) in [7, 11) is 0. The van der Waals surface area contributed by atoms with Gasteiger partial charge >= 0.3 is 0 Å². The summed E-state index contributed by atoms with van der Waals surface area (Å²) in [6.07, 6.45) is 6.24. The van der Waals surface area contributed by atoms with E-state index in [1.807, 2.05) is 0 Å². The number of aryl methyl sites for hydroxylation is 1. The van der Waals surface area contributed by atoms with Gasteiger partial charge < -0.3 is 11.1 Å². The van der Waals surface area contributed by atoms with Gasteiger partial charge in [0.15, 0.2) is 0 Å². The van der Waals surface area contributed by atoms with Gasteiger partial charge in [-0.3, -0.25) is 4.79 Å². The van der Waals surface area contributed by atoms with Crippen molar-refractivity contribution in [2.24, 2.45) is 11.7 Å². The maximum absolute atomic E-state index is 12.4. The number of amides is 1. The fraction of sp³-hybridized carbons (Fsp3) is 0.632. The van der Waals surface area contributed by atoms with Crippen LogP contribution in [0.2, 0.25) is 0 Å². The zero-order chi connectivity index (χ0) is 15.9. The number of hydrogen-bond donors (Lipinski definition) is 2. The molecule has 3 nitrogen and oxygen atoms in total. The van der Waals surface area contributed by atoms with Crippen LogP contribution in [0.15, 0.2) is 24.3 Å². The minimum absolute atomic E-state index is 0.178. The van der Waals surface area contributed by atoms with Gasteiger partial charge in [-0.2, -0.15) is 0 Å². The van der Waals surface area contributed by atoms with Crippen molar-refractivity contribution in [2.45, 2.75) is 64.3 Å². The molecule has 3 unspecified atom stereocenters. The highest BCUT2D eigenvalue weighted by Crippen LogP contribution is 2.26. The van der Waals surface area contributed by atoms with Crippen LogP contribution >= 0.6 is 0 Å². The molecule has 1 aromatic rings. The first-order valence-corrected chi connectivity index (χ1v) is 8.70. The van der Waals surface area contributed by atoms with Crippen molar-refractivity contribution in [3.8, 4) is 0 Å². The zero-order valence-corrected chi connectivity index (χ0v) is 14.0. The van der Waals surface area contributed by atoms with E-state index in [-0.39, 0.29) is 11.9 Å². The first-order chi connectivity index (χ1) is 10.6. The third-order valence-electron chi connectivity index (χ3n) is 5.03. The normalized spacial score (nSPS) is 23.0. The molecule has 1 aromatic carbocycles. The van der Waals surface area contributed by atoms with Crippen LogP contribution in [0.4, 0.5) is 0 Å². The molecule has 122 valence electrons. The van der Waals surface area contributed by atoms with E-state index in [2.05, 4.69) is 43.4 Å². The smallest absolute Gasteiger partial charge is 0.220 e. The van der Waals surface area contributed by atoms with Gasteiger partial charge in [-0.05, 0) is 50.1 Å². The molecule has 3 heteroatoms. The summed E-state index contributed by atoms with van der Waals surface area (Å²) < 4.78 is 0. The molecule has 0 aliphatic heterocycles. The summed E-state index contributed by atoms with van der Waals surface area (Å²) in [5.74, 6) is 0.940. The summed E-state index contributed by atoms with van der Waals surface area (Å²) in [6, 6.07) is 8.84. The predicted octanol–water partition coefficient (Wildman–Crippen LogP) is 3.51. The summed E-state index contributed by atoms with van der Waals surface area (Å²) in [4.78, 5) is 12.4. The van der Waals surface area contributed by atoms with Crippen LogP contribution in [0.5, 0.6) is 0 Å². The summed E-state index contributed by atoms with van der Waals surface area (Å²) >= 11 is 0. The second kappa shape index (κ2) is 8.33. The number of rotatable bonds is 6.